The molecule has 0 aliphatic carbocycles. The van der Waals surface area contributed by atoms with Crippen LogP contribution in [0.5, 0.6) is 5.75 Å². The van der Waals surface area contributed by atoms with Crippen molar-refractivity contribution in [3.05, 3.63) is 35.7 Å². The lowest BCUT2D eigenvalue weighted by Gasteiger charge is -2.09. The van der Waals surface area contributed by atoms with Crippen LogP contribution in [0.1, 0.15) is 24.4 Å². The third-order valence-corrected chi connectivity index (χ3v) is 2.75. The number of methoxy groups -OCH3 is 1. The van der Waals surface area contributed by atoms with E-state index in [0.29, 0.717) is 12.4 Å². The fourth-order valence-electron chi connectivity index (χ4n) is 1.83. The second kappa shape index (κ2) is 5.59. The van der Waals surface area contributed by atoms with Crippen molar-refractivity contribution < 1.29 is 4.74 Å². The number of nitrogens with two attached hydrogens (primary N) is 1. The van der Waals surface area contributed by atoms with Crippen molar-refractivity contribution in [1.82, 2.24) is 20.2 Å². The molecule has 0 bridgehead atoms. The van der Waals surface area contributed by atoms with Gasteiger partial charge in [-0.1, -0.05) is 18.2 Å². The van der Waals surface area contributed by atoms with Crippen molar-refractivity contribution >= 4 is 0 Å². The normalized spacial score (nSPS) is 12.4. The second-order valence-corrected chi connectivity index (χ2v) is 4.11. The largest absolute Gasteiger partial charge is 0.496 e. The topological polar surface area (TPSA) is 78.8 Å². The molecule has 18 heavy (non-hydrogen) atoms. The van der Waals surface area contributed by atoms with Crippen molar-refractivity contribution in [1.29, 1.82) is 0 Å². The molecule has 0 aliphatic rings. The fourth-order valence-corrected chi connectivity index (χ4v) is 1.83. The van der Waals surface area contributed by atoms with E-state index >= 15 is 0 Å². The highest BCUT2D eigenvalue weighted by Gasteiger charge is 2.11. The predicted octanol–water partition coefficient (Wildman–Crippen LogP) is 0.944. The van der Waals surface area contributed by atoms with E-state index in [9.17, 15) is 0 Å². The van der Waals surface area contributed by atoms with Crippen molar-refractivity contribution in [2.45, 2.75) is 25.9 Å². The van der Waals surface area contributed by atoms with Crippen molar-refractivity contribution in [2.24, 2.45) is 5.73 Å². The first-order valence-corrected chi connectivity index (χ1v) is 5.86. The SMILES string of the molecule is COc1ccccc1CCn1nnnc1C(C)N. The van der Waals surface area contributed by atoms with Crippen LogP contribution in [0.4, 0.5) is 0 Å². The summed E-state index contributed by atoms with van der Waals surface area (Å²) in [5, 5.41) is 11.5. The van der Waals surface area contributed by atoms with E-state index in [4.69, 9.17) is 10.5 Å². The molecular weight excluding hydrogens is 230 g/mol. The van der Waals surface area contributed by atoms with Crippen LogP contribution in [0, 0.1) is 0 Å². The summed E-state index contributed by atoms with van der Waals surface area (Å²) in [7, 11) is 1.67. The average molecular weight is 247 g/mol. The Morgan fingerprint density at radius 2 is 2.17 bits per heavy atom. The molecule has 0 aliphatic heterocycles. The van der Waals surface area contributed by atoms with E-state index in [-0.39, 0.29) is 6.04 Å². The lowest BCUT2D eigenvalue weighted by Crippen LogP contribution is -2.15. The molecule has 2 aromatic rings. The Morgan fingerprint density at radius 1 is 1.39 bits per heavy atom. The highest BCUT2D eigenvalue weighted by molar-refractivity contribution is 5.33. The van der Waals surface area contributed by atoms with E-state index in [1.807, 2.05) is 31.2 Å². The number of benzene rings is 1. The number of aryl methyl sites for hydroxylation is 2. The Balaban J connectivity index is 2.09. The Bertz CT molecular complexity index is 509. The van der Waals surface area contributed by atoms with Gasteiger partial charge in [-0.2, -0.15) is 0 Å². The number of hydrogen-bond donors (Lipinski definition) is 1. The number of rotatable bonds is 5. The van der Waals surface area contributed by atoms with Gasteiger partial charge in [0.05, 0.1) is 13.2 Å². The van der Waals surface area contributed by atoms with Crippen molar-refractivity contribution in [2.75, 3.05) is 7.11 Å². The Hall–Kier alpha value is -1.95. The van der Waals surface area contributed by atoms with Gasteiger partial charge in [0.1, 0.15) is 5.75 Å². The van der Waals surface area contributed by atoms with Gasteiger partial charge in [0.2, 0.25) is 0 Å². The van der Waals surface area contributed by atoms with Crippen LogP contribution in [0.3, 0.4) is 0 Å². The molecule has 6 heteroatoms. The molecule has 1 aromatic carbocycles. The van der Waals surface area contributed by atoms with Gasteiger partial charge in [0.15, 0.2) is 5.82 Å². The monoisotopic (exact) mass is 247 g/mol. The molecule has 0 spiro atoms. The molecular formula is C12H17N5O. The van der Waals surface area contributed by atoms with Crippen LogP contribution in [-0.4, -0.2) is 27.3 Å². The Kier molecular flexibility index (Phi) is 3.88. The minimum atomic E-state index is -0.169. The van der Waals surface area contributed by atoms with Crippen LogP contribution in [-0.2, 0) is 13.0 Å². The average Bonchev–Trinajstić information content (AvgIpc) is 2.85. The van der Waals surface area contributed by atoms with E-state index in [2.05, 4.69) is 15.5 Å². The molecule has 0 saturated heterocycles. The minimum Gasteiger partial charge on any atom is -0.496 e. The van der Waals surface area contributed by atoms with Crippen molar-refractivity contribution in [3.8, 4) is 5.75 Å². The zero-order valence-electron chi connectivity index (χ0n) is 10.6. The van der Waals surface area contributed by atoms with Gasteiger partial charge in [0.25, 0.3) is 0 Å². The summed E-state index contributed by atoms with van der Waals surface area (Å²) in [6.07, 6.45) is 0.800. The van der Waals surface area contributed by atoms with E-state index in [1.165, 1.54) is 0 Å². The third-order valence-electron chi connectivity index (χ3n) is 2.75. The van der Waals surface area contributed by atoms with E-state index < -0.39 is 0 Å². The van der Waals surface area contributed by atoms with Crippen LogP contribution >= 0.6 is 0 Å². The van der Waals surface area contributed by atoms with Gasteiger partial charge in [-0.3, -0.25) is 0 Å². The summed E-state index contributed by atoms with van der Waals surface area (Å²) < 4.78 is 7.04. The summed E-state index contributed by atoms with van der Waals surface area (Å²) in [5.41, 5.74) is 6.93. The lowest BCUT2D eigenvalue weighted by molar-refractivity contribution is 0.407. The second-order valence-electron chi connectivity index (χ2n) is 4.11. The molecule has 1 unspecified atom stereocenters. The summed E-state index contributed by atoms with van der Waals surface area (Å²) in [6.45, 7) is 2.55. The zero-order chi connectivity index (χ0) is 13.0. The van der Waals surface area contributed by atoms with Crippen LogP contribution in [0.15, 0.2) is 24.3 Å². The zero-order valence-corrected chi connectivity index (χ0v) is 10.6. The van der Waals surface area contributed by atoms with Gasteiger partial charge in [-0.15, -0.1) is 5.10 Å². The minimum absolute atomic E-state index is 0.169. The molecule has 6 nitrogen and oxygen atoms in total. The van der Waals surface area contributed by atoms with Crippen molar-refractivity contribution in [3.63, 3.8) is 0 Å². The number of hydrogen-bond acceptors (Lipinski definition) is 5. The molecule has 1 heterocycles. The van der Waals surface area contributed by atoms with Gasteiger partial charge in [0, 0.05) is 6.54 Å². The number of aromatic nitrogens is 4. The molecule has 1 aromatic heterocycles. The first-order chi connectivity index (χ1) is 8.72. The van der Waals surface area contributed by atoms with Gasteiger partial charge < -0.3 is 10.5 Å². The standard InChI is InChI=1S/C12H17N5O/c1-9(13)12-14-15-16-17(12)8-7-10-5-3-4-6-11(10)18-2/h3-6,9H,7-8,13H2,1-2H3. The van der Waals surface area contributed by atoms with Gasteiger partial charge in [-0.25, -0.2) is 4.68 Å². The van der Waals surface area contributed by atoms with Gasteiger partial charge in [-0.05, 0) is 35.4 Å². The summed E-state index contributed by atoms with van der Waals surface area (Å²) >= 11 is 0. The van der Waals surface area contributed by atoms with Crippen LogP contribution in [0.25, 0.3) is 0 Å². The molecule has 0 amide bonds. The molecule has 0 radical (unpaired) electrons. The maximum Gasteiger partial charge on any atom is 0.167 e. The Labute approximate surface area is 106 Å². The maximum atomic E-state index is 5.80. The summed E-state index contributed by atoms with van der Waals surface area (Å²) in [6, 6.07) is 7.75. The first-order valence-electron chi connectivity index (χ1n) is 5.86. The first kappa shape index (κ1) is 12.5. The van der Waals surface area contributed by atoms with E-state index in [1.54, 1.807) is 11.8 Å². The Morgan fingerprint density at radius 3 is 2.89 bits per heavy atom. The van der Waals surface area contributed by atoms with Crippen LogP contribution < -0.4 is 10.5 Å². The fraction of sp³-hybridized carbons (Fsp3) is 0.417. The molecule has 2 N–H and O–H groups in total. The number of para-hydroxylation sites is 1. The molecule has 96 valence electrons. The number of nitrogens with zero attached hydrogens (tertiary/aromatic N) is 4. The molecule has 0 fully saturated rings. The number of tetrazole rings is 1. The quantitative estimate of drug-likeness (QED) is 0.850. The lowest BCUT2D eigenvalue weighted by atomic mass is 10.1. The summed E-state index contributed by atoms with van der Waals surface area (Å²) in [5.74, 6) is 1.58. The van der Waals surface area contributed by atoms with Gasteiger partial charge >= 0.3 is 0 Å². The predicted molar refractivity (Wildman–Crippen MR) is 67.1 cm³/mol. The maximum absolute atomic E-state index is 5.80. The molecule has 2 rings (SSSR count). The molecule has 0 saturated carbocycles. The molecule has 1 atom stereocenters. The smallest absolute Gasteiger partial charge is 0.167 e. The third kappa shape index (κ3) is 2.65. The summed E-state index contributed by atoms with van der Waals surface area (Å²) in [4.78, 5) is 0. The highest BCUT2D eigenvalue weighted by atomic mass is 16.5. The van der Waals surface area contributed by atoms with Crippen LogP contribution in [0.2, 0.25) is 0 Å². The highest BCUT2D eigenvalue weighted by Crippen LogP contribution is 2.18. The number of ether oxygens (including phenoxy) is 1. The van der Waals surface area contributed by atoms with E-state index in [0.717, 1.165) is 17.7 Å².